The third-order valence-electron chi connectivity index (χ3n) is 2.56. The molecule has 0 fully saturated rings. The quantitative estimate of drug-likeness (QED) is 0.802. The zero-order chi connectivity index (χ0) is 14.3. The summed E-state index contributed by atoms with van der Waals surface area (Å²) >= 11 is 0. The van der Waals surface area contributed by atoms with Crippen LogP contribution in [-0.2, 0) is 9.59 Å². The summed E-state index contributed by atoms with van der Waals surface area (Å²) in [5.74, 6) is -1.60. The Hall–Kier alpha value is -2.17. The van der Waals surface area contributed by atoms with E-state index >= 15 is 0 Å². The van der Waals surface area contributed by atoms with E-state index in [1.807, 2.05) is 0 Å². The zero-order valence-corrected chi connectivity index (χ0v) is 10.7. The van der Waals surface area contributed by atoms with Gasteiger partial charge < -0.3 is 10.0 Å². The molecule has 0 saturated carbocycles. The lowest BCUT2D eigenvalue weighted by Gasteiger charge is -2.17. The molecule has 0 radical (unpaired) electrons. The summed E-state index contributed by atoms with van der Waals surface area (Å²) in [6.45, 7) is 2.37. The maximum absolute atomic E-state index is 12.9. The van der Waals surface area contributed by atoms with Crippen LogP contribution in [0.3, 0.4) is 0 Å². The highest BCUT2D eigenvalue weighted by molar-refractivity contribution is 5.91. The van der Waals surface area contributed by atoms with Gasteiger partial charge in [-0.1, -0.05) is 12.1 Å². The summed E-state index contributed by atoms with van der Waals surface area (Å²) in [5, 5.41) is 8.58. The maximum atomic E-state index is 12.9. The van der Waals surface area contributed by atoms with Gasteiger partial charge in [-0.05, 0) is 30.7 Å². The van der Waals surface area contributed by atoms with Crippen molar-refractivity contribution in [1.82, 2.24) is 4.90 Å². The number of hydrogen-bond acceptors (Lipinski definition) is 2. The fraction of sp³-hybridized carbons (Fsp3) is 0.286. The molecule has 19 heavy (non-hydrogen) atoms. The fourth-order valence-corrected chi connectivity index (χ4v) is 1.54. The molecule has 1 aromatic rings. The molecule has 1 rings (SSSR count). The Bertz CT molecular complexity index is 485. The van der Waals surface area contributed by atoms with Gasteiger partial charge in [0.25, 0.3) is 0 Å². The van der Waals surface area contributed by atoms with Crippen LogP contribution in [0.1, 0.15) is 18.9 Å². The van der Waals surface area contributed by atoms with Gasteiger partial charge >= 0.3 is 5.97 Å². The van der Waals surface area contributed by atoms with Crippen molar-refractivity contribution in [3.8, 4) is 0 Å². The van der Waals surface area contributed by atoms with Gasteiger partial charge in [0.2, 0.25) is 5.91 Å². The summed E-state index contributed by atoms with van der Waals surface area (Å²) in [7, 11) is 0. The van der Waals surface area contributed by atoms with E-state index in [0.717, 1.165) is 0 Å². The molecule has 0 unspecified atom stereocenters. The van der Waals surface area contributed by atoms with Crippen LogP contribution in [0, 0.1) is 5.82 Å². The maximum Gasteiger partial charge on any atom is 0.305 e. The van der Waals surface area contributed by atoms with Gasteiger partial charge in [0.05, 0.1) is 6.42 Å². The average molecular weight is 265 g/mol. The summed E-state index contributed by atoms with van der Waals surface area (Å²) < 4.78 is 12.9. The summed E-state index contributed by atoms with van der Waals surface area (Å²) in [4.78, 5) is 23.7. The minimum atomic E-state index is -0.944. The standard InChI is InChI=1S/C14H16FNO3/c1-2-16(9-8-14(18)19)13(17)7-6-11-4-3-5-12(15)10-11/h3-7,10H,2,8-9H2,1H3,(H,18,19)/b7-6+. The first-order valence-corrected chi connectivity index (χ1v) is 5.97. The van der Waals surface area contributed by atoms with E-state index in [9.17, 15) is 14.0 Å². The number of nitrogens with zero attached hydrogens (tertiary/aromatic N) is 1. The van der Waals surface area contributed by atoms with Crippen molar-refractivity contribution in [3.63, 3.8) is 0 Å². The summed E-state index contributed by atoms with van der Waals surface area (Å²) in [6.07, 6.45) is 2.74. The lowest BCUT2D eigenvalue weighted by Crippen LogP contribution is -2.31. The summed E-state index contributed by atoms with van der Waals surface area (Å²) in [5.41, 5.74) is 0.586. The molecule has 1 amide bonds. The van der Waals surface area contributed by atoms with E-state index in [4.69, 9.17) is 5.11 Å². The molecule has 0 bridgehead atoms. The lowest BCUT2D eigenvalue weighted by molar-refractivity contribution is -0.137. The molecule has 0 aromatic heterocycles. The van der Waals surface area contributed by atoms with E-state index in [1.165, 1.54) is 29.2 Å². The molecular weight excluding hydrogens is 249 g/mol. The predicted octanol–water partition coefficient (Wildman–Crippen LogP) is 2.16. The molecule has 0 saturated heterocycles. The highest BCUT2D eigenvalue weighted by atomic mass is 19.1. The van der Waals surface area contributed by atoms with Crippen LogP contribution in [0.2, 0.25) is 0 Å². The molecular formula is C14H16FNO3. The Morgan fingerprint density at radius 1 is 1.42 bits per heavy atom. The number of halogens is 1. The van der Waals surface area contributed by atoms with Crippen molar-refractivity contribution >= 4 is 18.0 Å². The minimum absolute atomic E-state index is 0.0899. The van der Waals surface area contributed by atoms with Gasteiger partial charge in [0.1, 0.15) is 5.82 Å². The molecule has 0 aliphatic heterocycles. The number of benzene rings is 1. The van der Waals surface area contributed by atoms with Crippen molar-refractivity contribution in [2.75, 3.05) is 13.1 Å². The van der Waals surface area contributed by atoms with Gasteiger partial charge in [-0.2, -0.15) is 0 Å². The van der Waals surface area contributed by atoms with Crippen LogP contribution in [-0.4, -0.2) is 35.0 Å². The predicted molar refractivity (Wildman–Crippen MR) is 69.9 cm³/mol. The number of carbonyl (C=O) groups excluding carboxylic acids is 1. The third-order valence-corrected chi connectivity index (χ3v) is 2.56. The van der Waals surface area contributed by atoms with E-state index < -0.39 is 5.97 Å². The van der Waals surface area contributed by atoms with E-state index in [0.29, 0.717) is 12.1 Å². The number of likely N-dealkylation sites (N-methyl/N-ethyl adjacent to an activating group) is 1. The lowest BCUT2D eigenvalue weighted by atomic mass is 10.2. The van der Waals surface area contributed by atoms with Crippen molar-refractivity contribution < 1.29 is 19.1 Å². The number of hydrogen-bond donors (Lipinski definition) is 1. The SMILES string of the molecule is CCN(CCC(=O)O)C(=O)/C=C/c1cccc(F)c1. The second-order valence-corrected chi connectivity index (χ2v) is 3.95. The highest BCUT2D eigenvalue weighted by Crippen LogP contribution is 2.06. The molecule has 102 valence electrons. The third kappa shape index (κ3) is 5.33. The second kappa shape index (κ2) is 7.31. The Balaban J connectivity index is 2.63. The molecule has 0 atom stereocenters. The average Bonchev–Trinajstić information content (AvgIpc) is 2.37. The Labute approximate surface area is 111 Å². The number of carbonyl (C=O) groups is 2. The Morgan fingerprint density at radius 2 is 2.16 bits per heavy atom. The number of amides is 1. The molecule has 1 N–H and O–H groups in total. The van der Waals surface area contributed by atoms with Crippen molar-refractivity contribution in [3.05, 3.63) is 41.7 Å². The first-order chi connectivity index (χ1) is 9.02. The van der Waals surface area contributed by atoms with Gasteiger partial charge in [-0.3, -0.25) is 9.59 Å². The Kier molecular flexibility index (Phi) is 5.73. The van der Waals surface area contributed by atoms with E-state index in [2.05, 4.69) is 0 Å². The van der Waals surface area contributed by atoms with Crippen LogP contribution in [0.25, 0.3) is 6.08 Å². The molecule has 0 heterocycles. The first kappa shape index (κ1) is 14.9. The van der Waals surface area contributed by atoms with Crippen LogP contribution in [0.5, 0.6) is 0 Å². The normalized spacial score (nSPS) is 10.6. The van der Waals surface area contributed by atoms with Crippen molar-refractivity contribution in [1.29, 1.82) is 0 Å². The highest BCUT2D eigenvalue weighted by Gasteiger charge is 2.09. The van der Waals surface area contributed by atoms with Gasteiger partial charge in [0.15, 0.2) is 0 Å². The largest absolute Gasteiger partial charge is 0.481 e. The number of carboxylic acid groups (broad SMARTS) is 1. The van der Waals surface area contributed by atoms with Crippen LogP contribution in [0.15, 0.2) is 30.3 Å². The zero-order valence-electron chi connectivity index (χ0n) is 10.7. The van der Waals surface area contributed by atoms with Crippen molar-refractivity contribution in [2.45, 2.75) is 13.3 Å². The molecule has 1 aromatic carbocycles. The van der Waals surface area contributed by atoms with Gasteiger partial charge in [-0.25, -0.2) is 4.39 Å². The first-order valence-electron chi connectivity index (χ1n) is 5.97. The number of aliphatic carboxylic acids is 1. The molecule has 4 nitrogen and oxygen atoms in total. The number of carboxylic acids is 1. The molecule has 0 spiro atoms. The summed E-state index contributed by atoms with van der Waals surface area (Å²) in [6, 6.07) is 5.88. The van der Waals surface area contributed by atoms with E-state index in [-0.39, 0.29) is 24.7 Å². The molecule has 0 aliphatic rings. The monoisotopic (exact) mass is 265 g/mol. The van der Waals surface area contributed by atoms with Crippen LogP contribution < -0.4 is 0 Å². The van der Waals surface area contributed by atoms with Crippen LogP contribution in [0.4, 0.5) is 4.39 Å². The fourth-order valence-electron chi connectivity index (χ4n) is 1.54. The van der Waals surface area contributed by atoms with Crippen LogP contribution >= 0.6 is 0 Å². The topological polar surface area (TPSA) is 57.6 Å². The smallest absolute Gasteiger partial charge is 0.305 e. The van der Waals surface area contributed by atoms with Gasteiger partial charge in [0, 0.05) is 19.2 Å². The molecule has 5 heteroatoms. The minimum Gasteiger partial charge on any atom is -0.481 e. The Morgan fingerprint density at radius 3 is 2.74 bits per heavy atom. The van der Waals surface area contributed by atoms with Crippen molar-refractivity contribution in [2.24, 2.45) is 0 Å². The molecule has 0 aliphatic carbocycles. The number of rotatable bonds is 6. The van der Waals surface area contributed by atoms with Gasteiger partial charge in [-0.15, -0.1) is 0 Å². The second-order valence-electron chi connectivity index (χ2n) is 3.95. The van der Waals surface area contributed by atoms with E-state index in [1.54, 1.807) is 19.1 Å².